The highest BCUT2D eigenvalue weighted by atomic mass is 16.5. The van der Waals surface area contributed by atoms with Crippen molar-refractivity contribution in [2.45, 2.75) is 26.1 Å². The number of nitrogens with one attached hydrogen (secondary N) is 1. The number of esters is 1. The normalized spacial score (nSPS) is 12.0. The number of nitrogens with zero attached hydrogens (tertiary/aromatic N) is 1. The SMILES string of the molecule is C[C@H](OC(=O)Cn1c(=O)oc2ccccc21)C(=O)NCc1ccco1. The number of benzene rings is 1. The summed E-state index contributed by atoms with van der Waals surface area (Å²) in [6.45, 7) is 1.30. The van der Waals surface area contributed by atoms with Gasteiger partial charge in [0.25, 0.3) is 5.91 Å². The lowest BCUT2D eigenvalue weighted by atomic mass is 10.3. The number of rotatable bonds is 6. The van der Waals surface area contributed by atoms with Crippen molar-refractivity contribution in [2.24, 2.45) is 0 Å². The Morgan fingerprint density at radius 3 is 2.80 bits per heavy atom. The summed E-state index contributed by atoms with van der Waals surface area (Å²) in [4.78, 5) is 35.8. The fraction of sp³-hybridized carbons (Fsp3) is 0.235. The van der Waals surface area contributed by atoms with Gasteiger partial charge in [0.1, 0.15) is 12.3 Å². The maximum absolute atomic E-state index is 12.0. The van der Waals surface area contributed by atoms with E-state index in [1.807, 2.05) is 0 Å². The van der Waals surface area contributed by atoms with Crippen LogP contribution in [-0.2, 0) is 27.4 Å². The van der Waals surface area contributed by atoms with E-state index in [4.69, 9.17) is 13.6 Å². The standard InChI is InChI=1S/C17H16N2O6/c1-11(16(21)18-9-12-5-4-8-23-12)24-15(20)10-19-13-6-2-3-7-14(13)25-17(19)22/h2-8,11H,9-10H2,1H3,(H,18,21)/t11-/m0/s1. The number of hydrogen-bond donors (Lipinski definition) is 1. The summed E-state index contributed by atoms with van der Waals surface area (Å²) in [5.41, 5.74) is 0.865. The summed E-state index contributed by atoms with van der Waals surface area (Å²) in [6, 6.07) is 10.2. The maximum atomic E-state index is 12.0. The van der Waals surface area contributed by atoms with Crippen molar-refractivity contribution in [1.82, 2.24) is 9.88 Å². The Balaban J connectivity index is 1.58. The Labute approximate surface area is 142 Å². The predicted octanol–water partition coefficient (Wildman–Crippen LogP) is 1.44. The van der Waals surface area contributed by atoms with E-state index in [9.17, 15) is 14.4 Å². The van der Waals surface area contributed by atoms with Crippen LogP contribution in [0, 0.1) is 0 Å². The molecule has 0 radical (unpaired) electrons. The summed E-state index contributed by atoms with van der Waals surface area (Å²) in [7, 11) is 0. The first kappa shape index (κ1) is 16.6. The Morgan fingerprint density at radius 2 is 2.04 bits per heavy atom. The van der Waals surface area contributed by atoms with E-state index in [0.29, 0.717) is 16.9 Å². The molecule has 8 nitrogen and oxygen atoms in total. The van der Waals surface area contributed by atoms with Crippen LogP contribution < -0.4 is 11.1 Å². The Bertz CT molecular complexity index is 938. The number of hydrogen-bond acceptors (Lipinski definition) is 6. The molecular weight excluding hydrogens is 328 g/mol. The van der Waals surface area contributed by atoms with E-state index in [1.165, 1.54) is 13.2 Å². The zero-order chi connectivity index (χ0) is 17.8. The molecule has 0 fully saturated rings. The Morgan fingerprint density at radius 1 is 1.24 bits per heavy atom. The molecule has 0 saturated carbocycles. The fourth-order valence-electron chi connectivity index (χ4n) is 2.31. The van der Waals surface area contributed by atoms with Gasteiger partial charge in [-0.1, -0.05) is 12.1 Å². The molecular formula is C17H16N2O6. The molecule has 0 aliphatic rings. The Kier molecular flexibility index (Phi) is 4.69. The minimum absolute atomic E-state index is 0.194. The maximum Gasteiger partial charge on any atom is 0.420 e. The molecule has 1 amide bonds. The lowest BCUT2D eigenvalue weighted by Crippen LogP contribution is -2.36. The predicted molar refractivity (Wildman–Crippen MR) is 86.6 cm³/mol. The summed E-state index contributed by atoms with van der Waals surface area (Å²) >= 11 is 0. The molecule has 0 aliphatic heterocycles. The quantitative estimate of drug-likeness (QED) is 0.679. The van der Waals surface area contributed by atoms with E-state index < -0.39 is 23.7 Å². The van der Waals surface area contributed by atoms with Crippen molar-refractivity contribution in [3.05, 3.63) is 59.0 Å². The first-order valence-corrected chi connectivity index (χ1v) is 7.62. The highest BCUT2D eigenvalue weighted by Gasteiger charge is 2.20. The number of carbonyl (C=O) groups is 2. The zero-order valence-electron chi connectivity index (χ0n) is 13.4. The minimum atomic E-state index is -1.00. The topological polar surface area (TPSA) is 104 Å². The van der Waals surface area contributed by atoms with Crippen LogP contribution in [0.25, 0.3) is 11.1 Å². The van der Waals surface area contributed by atoms with E-state index in [-0.39, 0.29) is 13.1 Å². The van der Waals surface area contributed by atoms with Gasteiger partial charge < -0.3 is 18.9 Å². The summed E-state index contributed by atoms with van der Waals surface area (Å²) < 4.78 is 16.4. The van der Waals surface area contributed by atoms with Gasteiger partial charge >= 0.3 is 11.7 Å². The molecule has 2 heterocycles. The zero-order valence-corrected chi connectivity index (χ0v) is 13.4. The Hall–Kier alpha value is -3.29. The summed E-state index contributed by atoms with van der Waals surface area (Å²) in [6.07, 6.45) is 0.495. The average molecular weight is 344 g/mol. The number of carbonyl (C=O) groups excluding carboxylic acids is 2. The highest BCUT2D eigenvalue weighted by molar-refractivity contribution is 5.83. The molecule has 0 bridgehead atoms. The van der Waals surface area contributed by atoms with E-state index in [0.717, 1.165) is 4.57 Å². The van der Waals surface area contributed by atoms with Crippen LogP contribution in [0.5, 0.6) is 0 Å². The van der Waals surface area contributed by atoms with E-state index >= 15 is 0 Å². The second kappa shape index (κ2) is 7.08. The smallest absolute Gasteiger partial charge is 0.420 e. The second-order valence-corrected chi connectivity index (χ2v) is 5.35. The molecule has 3 aromatic rings. The highest BCUT2D eigenvalue weighted by Crippen LogP contribution is 2.11. The molecule has 1 N–H and O–H groups in total. The second-order valence-electron chi connectivity index (χ2n) is 5.35. The van der Waals surface area contributed by atoms with Crippen molar-refractivity contribution >= 4 is 23.0 Å². The average Bonchev–Trinajstić information content (AvgIpc) is 3.21. The third-order valence-electron chi connectivity index (χ3n) is 3.56. The summed E-state index contributed by atoms with van der Waals surface area (Å²) in [5.74, 6) is -1.25. The molecule has 1 atom stereocenters. The van der Waals surface area contributed by atoms with Crippen LogP contribution >= 0.6 is 0 Å². The van der Waals surface area contributed by atoms with Gasteiger partial charge in [-0.2, -0.15) is 0 Å². The van der Waals surface area contributed by atoms with E-state index in [1.54, 1.807) is 36.4 Å². The van der Waals surface area contributed by atoms with Crippen LogP contribution in [0.4, 0.5) is 0 Å². The number of oxazole rings is 1. The molecule has 25 heavy (non-hydrogen) atoms. The molecule has 3 rings (SSSR count). The lowest BCUT2D eigenvalue weighted by Gasteiger charge is -2.13. The van der Waals surface area contributed by atoms with Crippen molar-refractivity contribution in [1.29, 1.82) is 0 Å². The van der Waals surface area contributed by atoms with Gasteiger partial charge in [0.15, 0.2) is 11.7 Å². The van der Waals surface area contributed by atoms with Crippen LogP contribution in [0.3, 0.4) is 0 Å². The third kappa shape index (κ3) is 3.79. The molecule has 0 unspecified atom stereocenters. The van der Waals surface area contributed by atoms with Gasteiger partial charge in [-0.25, -0.2) is 4.79 Å². The number of para-hydroxylation sites is 2. The van der Waals surface area contributed by atoms with Gasteiger partial charge in [0.2, 0.25) is 0 Å². The van der Waals surface area contributed by atoms with Gasteiger partial charge in [-0.05, 0) is 31.2 Å². The van der Waals surface area contributed by atoms with Gasteiger partial charge in [0.05, 0.1) is 18.3 Å². The number of aromatic nitrogens is 1. The number of ether oxygens (including phenoxy) is 1. The van der Waals surface area contributed by atoms with Crippen LogP contribution in [0.1, 0.15) is 12.7 Å². The molecule has 1 aromatic carbocycles. The summed E-state index contributed by atoms with van der Waals surface area (Å²) in [5, 5.41) is 2.59. The van der Waals surface area contributed by atoms with Crippen molar-refractivity contribution in [2.75, 3.05) is 0 Å². The fourth-order valence-corrected chi connectivity index (χ4v) is 2.31. The number of furan rings is 1. The minimum Gasteiger partial charge on any atom is -0.467 e. The molecule has 2 aromatic heterocycles. The number of fused-ring (bicyclic) bond motifs is 1. The van der Waals surface area contributed by atoms with Crippen molar-refractivity contribution in [3.8, 4) is 0 Å². The van der Waals surface area contributed by atoms with Crippen LogP contribution in [-0.4, -0.2) is 22.5 Å². The molecule has 0 aliphatic carbocycles. The third-order valence-corrected chi connectivity index (χ3v) is 3.56. The van der Waals surface area contributed by atoms with E-state index in [2.05, 4.69) is 5.32 Å². The van der Waals surface area contributed by atoms with Crippen LogP contribution in [0.15, 0.2) is 56.3 Å². The molecule has 0 spiro atoms. The first-order valence-electron chi connectivity index (χ1n) is 7.62. The van der Waals surface area contributed by atoms with Gasteiger partial charge in [0, 0.05) is 0 Å². The van der Waals surface area contributed by atoms with Gasteiger partial charge in [-0.3, -0.25) is 14.2 Å². The first-order chi connectivity index (χ1) is 12.0. The monoisotopic (exact) mass is 344 g/mol. The molecule has 130 valence electrons. The van der Waals surface area contributed by atoms with Crippen molar-refractivity contribution < 1.29 is 23.2 Å². The van der Waals surface area contributed by atoms with Crippen LogP contribution in [0.2, 0.25) is 0 Å². The van der Waals surface area contributed by atoms with Gasteiger partial charge in [-0.15, -0.1) is 0 Å². The lowest BCUT2D eigenvalue weighted by molar-refractivity contribution is -0.155. The van der Waals surface area contributed by atoms with Crippen molar-refractivity contribution in [3.63, 3.8) is 0 Å². The number of amides is 1. The molecule has 8 heteroatoms. The molecule has 0 saturated heterocycles. The largest absolute Gasteiger partial charge is 0.467 e.